The van der Waals surface area contributed by atoms with Crippen molar-refractivity contribution in [1.29, 1.82) is 0 Å². The predicted octanol–water partition coefficient (Wildman–Crippen LogP) is 2.51. The smallest absolute Gasteiger partial charge is 0.259 e. The number of para-hydroxylation sites is 1. The highest BCUT2D eigenvalue weighted by Crippen LogP contribution is 2.26. The van der Waals surface area contributed by atoms with Gasteiger partial charge in [0.15, 0.2) is 5.75 Å². The number of benzene rings is 2. The monoisotopic (exact) mass is 266 g/mol. The average Bonchev–Trinajstić information content (AvgIpc) is 2.47. The summed E-state index contributed by atoms with van der Waals surface area (Å²) in [4.78, 5) is 12.2. The zero-order valence-corrected chi connectivity index (χ0v) is 11.0. The van der Waals surface area contributed by atoms with Crippen LogP contribution in [0, 0.1) is 12.3 Å². The number of ether oxygens (including phenoxy) is 1. The van der Waals surface area contributed by atoms with E-state index in [4.69, 9.17) is 16.9 Å². The molecule has 0 spiro atoms. The van der Waals surface area contributed by atoms with Gasteiger partial charge in [0.25, 0.3) is 5.91 Å². The first kappa shape index (κ1) is 13.5. The first-order valence-corrected chi connectivity index (χ1v) is 5.96. The lowest BCUT2D eigenvalue weighted by atomic mass is 10.1. The minimum absolute atomic E-state index is 0.302. The van der Waals surface area contributed by atoms with Gasteiger partial charge >= 0.3 is 0 Å². The molecule has 0 aliphatic heterocycles. The maximum Gasteiger partial charge on any atom is 0.259 e. The van der Waals surface area contributed by atoms with Crippen LogP contribution in [-0.2, 0) is 0 Å². The Morgan fingerprint density at radius 2 is 2.05 bits per heavy atom. The molecule has 2 aromatic rings. The summed E-state index contributed by atoms with van der Waals surface area (Å²) in [5, 5.41) is 2.76. The van der Waals surface area contributed by atoms with Crippen molar-refractivity contribution < 1.29 is 9.53 Å². The highest BCUT2D eigenvalue weighted by molar-refractivity contribution is 6.07. The molecule has 2 aromatic carbocycles. The number of carbonyl (C=O) groups is 1. The van der Waals surface area contributed by atoms with Crippen molar-refractivity contribution in [3.63, 3.8) is 0 Å². The molecule has 2 rings (SSSR count). The van der Waals surface area contributed by atoms with Gasteiger partial charge < -0.3 is 15.8 Å². The van der Waals surface area contributed by atoms with Gasteiger partial charge in [0.1, 0.15) is 0 Å². The number of hydrogen-bond acceptors (Lipinski definition) is 3. The van der Waals surface area contributed by atoms with Crippen molar-refractivity contribution in [3.05, 3.63) is 53.6 Å². The Kier molecular flexibility index (Phi) is 3.92. The minimum atomic E-state index is -0.302. The lowest BCUT2D eigenvalue weighted by Gasteiger charge is -2.11. The number of nitrogen functional groups attached to an aromatic ring is 1. The molecule has 4 heteroatoms. The second kappa shape index (κ2) is 5.81. The van der Waals surface area contributed by atoms with Crippen molar-refractivity contribution in [3.8, 4) is 18.1 Å². The summed E-state index contributed by atoms with van der Waals surface area (Å²) in [7, 11) is 1.47. The van der Waals surface area contributed by atoms with Gasteiger partial charge in [-0.2, -0.15) is 0 Å². The maximum absolute atomic E-state index is 12.2. The average molecular weight is 266 g/mol. The highest BCUT2D eigenvalue weighted by atomic mass is 16.5. The zero-order valence-electron chi connectivity index (χ0n) is 11.0. The first-order chi connectivity index (χ1) is 9.65. The van der Waals surface area contributed by atoms with Crippen molar-refractivity contribution in [2.75, 3.05) is 18.2 Å². The molecular formula is C16H14N2O2. The Morgan fingerprint density at radius 3 is 2.75 bits per heavy atom. The molecule has 0 aliphatic carbocycles. The van der Waals surface area contributed by atoms with Crippen molar-refractivity contribution in [2.24, 2.45) is 0 Å². The van der Waals surface area contributed by atoms with E-state index < -0.39 is 0 Å². The third kappa shape index (κ3) is 2.73. The predicted molar refractivity (Wildman–Crippen MR) is 79.7 cm³/mol. The van der Waals surface area contributed by atoms with Crippen LogP contribution in [-0.4, -0.2) is 13.0 Å². The number of nitrogens with two attached hydrogens (primary N) is 1. The molecule has 0 radical (unpaired) electrons. The number of nitrogens with one attached hydrogen (secondary N) is 1. The zero-order chi connectivity index (χ0) is 14.5. The largest absolute Gasteiger partial charge is 0.494 e. The van der Waals surface area contributed by atoms with Crippen molar-refractivity contribution >= 4 is 17.3 Å². The van der Waals surface area contributed by atoms with E-state index in [0.717, 1.165) is 0 Å². The fourth-order valence-corrected chi connectivity index (χ4v) is 1.85. The van der Waals surface area contributed by atoms with Gasteiger partial charge in [0.05, 0.1) is 18.4 Å². The summed E-state index contributed by atoms with van der Waals surface area (Å²) in [6, 6.07) is 12.1. The molecule has 0 fully saturated rings. The second-order valence-corrected chi connectivity index (χ2v) is 4.11. The Hall–Kier alpha value is -2.93. The van der Waals surface area contributed by atoms with Crippen LogP contribution in [0.15, 0.2) is 42.5 Å². The van der Waals surface area contributed by atoms with Gasteiger partial charge in [-0.3, -0.25) is 4.79 Å². The van der Waals surface area contributed by atoms with Crippen LogP contribution in [0.25, 0.3) is 0 Å². The fourth-order valence-electron chi connectivity index (χ4n) is 1.85. The van der Waals surface area contributed by atoms with E-state index in [-0.39, 0.29) is 5.91 Å². The van der Waals surface area contributed by atoms with Crippen LogP contribution < -0.4 is 15.8 Å². The molecule has 4 nitrogen and oxygen atoms in total. The number of methoxy groups -OCH3 is 1. The molecular weight excluding hydrogens is 252 g/mol. The number of anilines is 2. The van der Waals surface area contributed by atoms with E-state index in [1.807, 2.05) is 0 Å². The molecule has 1 amide bonds. The van der Waals surface area contributed by atoms with E-state index in [1.165, 1.54) is 7.11 Å². The Morgan fingerprint density at radius 1 is 1.30 bits per heavy atom. The quantitative estimate of drug-likeness (QED) is 0.662. The molecule has 3 N–H and O–H groups in total. The van der Waals surface area contributed by atoms with E-state index >= 15 is 0 Å². The van der Waals surface area contributed by atoms with Gasteiger partial charge in [-0.1, -0.05) is 18.1 Å². The highest BCUT2D eigenvalue weighted by Gasteiger charge is 2.14. The van der Waals surface area contributed by atoms with E-state index in [1.54, 1.807) is 42.5 Å². The third-order valence-corrected chi connectivity index (χ3v) is 2.78. The number of amides is 1. The van der Waals surface area contributed by atoms with E-state index in [0.29, 0.717) is 28.3 Å². The van der Waals surface area contributed by atoms with Crippen LogP contribution >= 0.6 is 0 Å². The fraction of sp³-hybridized carbons (Fsp3) is 0.0625. The molecule has 0 atom stereocenters. The molecule has 0 bridgehead atoms. The molecule has 0 heterocycles. The summed E-state index contributed by atoms with van der Waals surface area (Å²) < 4.78 is 5.16. The molecule has 0 aliphatic rings. The minimum Gasteiger partial charge on any atom is -0.494 e. The summed E-state index contributed by atoms with van der Waals surface area (Å²) in [5.41, 5.74) is 7.88. The maximum atomic E-state index is 12.2. The topological polar surface area (TPSA) is 64.4 Å². The lowest BCUT2D eigenvalue weighted by Crippen LogP contribution is -2.14. The summed E-state index contributed by atoms with van der Waals surface area (Å²) in [6.45, 7) is 0. The van der Waals surface area contributed by atoms with Crippen LogP contribution in [0.3, 0.4) is 0 Å². The van der Waals surface area contributed by atoms with Crippen molar-refractivity contribution in [1.82, 2.24) is 0 Å². The molecule has 0 aromatic heterocycles. The van der Waals surface area contributed by atoms with Gasteiger partial charge in [-0.05, 0) is 30.3 Å². The van der Waals surface area contributed by atoms with Crippen LogP contribution in [0.1, 0.15) is 15.9 Å². The Balaban J connectivity index is 2.29. The van der Waals surface area contributed by atoms with E-state index in [9.17, 15) is 4.79 Å². The van der Waals surface area contributed by atoms with Crippen LogP contribution in [0.2, 0.25) is 0 Å². The molecule has 0 saturated heterocycles. The van der Waals surface area contributed by atoms with Gasteiger partial charge in [0.2, 0.25) is 0 Å². The number of hydrogen-bond donors (Lipinski definition) is 2. The van der Waals surface area contributed by atoms with E-state index in [2.05, 4.69) is 11.2 Å². The Bertz CT molecular complexity index is 687. The number of carbonyl (C=O) groups excluding carboxylic acids is 1. The van der Waals surface area contributed by atoms with Crippen molar-refractivity contribution in [2.45, 2.75) is 0 Å². The SMILES string of the molecule is C#Cc1cccc(NC(=O)c2cccc(N)c2OC)c1. The summed E-state index contributed by atoms with van der Waals surface area (Å²) in [6.07, 6.45) is 5.33. The molecule has 0 saturated carbocycles. The summed E-state index contributed by atoms with van der Waals surface area (Å²) >= 11 is 0. The van der Waals surface area contributed by atoms with Crippen LogP contribution in [0.4, 0.5) is 11.4 Å². The number of terminal acetylenes is 1. The molecule has 0 unspecified atom stereocenters. The Labute approximate surface area is 117 Å². The second-order valence-electron chi connectivity index (χ2n) is 4.11. The lowest BCUT2D eigenvalue weighted by molar-refractivity contribution is 0.102. The van der Waals surface area contributed by atoms with Gasteiger partial charge in [0, 0.05) is 11.3 Å². The first-order valence-electron chi connectivity index (χ1n) is 5.96. The third-order valence-electron chi connectivity index (χ3n) is 2.78. The standard InChI is InChI=1S/C16H14N2O2/c1-3-11-6-4-7-12(10-11)18-16(19)13-8-5-9-14(17)15(13)20-2/h1,4-10H,17H2,2H3,(H,18,19). The van der Waals surface area contributed by atoms with Gasteiger partial charge in [-0.15, -0.1) is 6.42 Å². The van der Waals surface area contributed by atoms with Gasteiger partial charge in [-0.25, -0.2) is 0 Å². The normalized spacial score (nSPS) is 9.60. The molecule has 100 valence electrons. The van der Waals surface area contributed by atoms with Crippen LogP contribution in [0.5, 0.6) is 5.75 Å². The number of rotatable bonds is 3. The summed E-state index contributed by atoms with van der Waals surface area (Å²) in [5.74, 6) is 2.57. The molecule has 20 heavy (non-hydrogen) atoms.